The highest BCUT2D eigenvalue weighted by molar-refractivity contribution is 5.78. The second-order valence-electron chi connectivity index (χ2n) is 4.85. The SMILES string of the molecule is CC(C)C(C)NC(=O)CNCCc1ccccn1. The third kappa shape index (κ3) is 5.77. The van der Waals surface area contributed by atoms with Crippen molar-refractivity contribution in [3.63, 3.8) is 0 Å². The molecule has 1 rings (SSSR count). The summed E-state index contributed by atoms with van der Waals surface area (Å²) < 4.78 is 0. The molecule has 2 N–H and O–H groups in total. The third-order valence-electron chi connectivity index (χ3n) is 2.96. The van der Waals surface area contributed by atoms with Crippen LogP contribution in [0.3, 0.4) is 0 Å². The lowest BCUT2D eigenvalue weighted by molar-refractivity contribution is -0.121. The fourth-order valence-corrected chi connectivity index (χ4v) is 1.44. The summed E-state index contributed by atoms with van der Waals surface area (Å²) in [6.07, 6.45) is 2.63. The minimum atomic E-state index is 0.0530. The van der Waals surface area contributed by atoms with Crippen molar-refractivity contribution in [1.82, 2.24) is 15.6 Å². The average molecular weight is 249 g/mol. The van der Waals surface area contributed by atoms with Gasteiger partial charge in [0, 0.05) is 30.9 Å². The van der Waals surface area contributed by atoms with E-state index in [0.29, 0.717) is 12.5 Å². The third-order valence-corrected chi connectivity index (χ3v) is 2.96. The number of hydrogen-bond donors (Lipinski definition) is 2. The Kier molecular flexibility index (Phi) is 6.36. The molecule has 0 saturated carbocycles. The van der Waals surface area contributed by atoms with Crippen molar-refractivity contribution < 1.29 is 4.79 Å². The van der Waals surface area contributed by atoms with Crippen molar-refractivity contribution in [1.29, 1.82) is 0 Å². The van der Waals surface area contributed by atoms with Gasteiger partial charge in [-0.15, -0.1) is 0 Å². The van der Waals surface area contributed by atoms with Crippen molar-refractivity contribution in [2.75, 3.05) is 13.1 Å². The first-order valence-electron chi connectivity index (χ1n) is 6.49. The molecule has 1 unspecified atom stereocenters. The van der Waals surface area contributed by atoms with Crippen molar-refractivity contribution in [2.45, 2.75) is 33.2 Å². The zero-order valence-electron chi connectivity index (χ0n) is 11.4. The molecule has 0 radical (unpaired) electrons. The van der Waals surface area contributed by atoms with E-state index < -0.39 is 0 Å². The van der Waals surface area contributed by atoms with Crippen LogP contribution < -0.4 is 10.6 Å². The lowest BCUT2D eigenvalue weighted by Gasteiger charge is -2.17. The van der Waals surface area contributed by atoms with Crippen LogP contribution in [0.2, 0.25) is 0 Å². The molecule has 0 aliphatic carbocycles. The Hall–Kier alpha value is -1.42. The Balaban J connectivity index is 2.13. The molecule has 0 aliphatic rings. The molecule has 0 aliphatic heterocycles. The van der Waals surface area contributed by atoms with E-state index in [-0.39, 0.29) is 11.9 Å². The lowest BCUT2D eigenvalue weighted by Crippen LogP contribution is -2.41. The van der Waals surface area contributed by atoms with Gasteiger partial charge in [-0.2, -0.15) is 0 Å². The van der Waals surface area contributed by atoms with Crippen LogP contribution in [-0.4, -0.2) is 30.0 Å². The summed E-state index contributed by atoms with van der Waals surface area (Å²) in [7, 11) is 0. The van der Waals surface area contributed by atoms with E-state index in [4.69, 9.17) is 0 Å². The van der Waals surface area contributed by atoms with Crippen LogP contribution in [0.5, 0.6) is 0 Å². The summed E-state index contributed by atoms with van der Waals surface area (Å²) >= 11 is 0. The van der Waals surface area contributed by atoms with Crippen LogP contribution in [0.25, 0.3) is 0 Å². The molecule has 0 saturated heterocycles. The first-order chi connectivity index (χ1) is 8.59. The molecule has 0 spiro atoms. The summed E-state index contributed by atoms with van der Waals surface area (Å²) in [5.74, 6) is 0.514. The van der Waals surface area contributed by atoms with Crippen LogP contribution >= 0.6 is 0 Å². The van der Waals surface area contributed by atoms with E-state index in [0.717, 1.165) is 18.7 Å². The molecule has 100 valence electrons. The number of hydrogen-bond acceptors (Lipinski definition) is 3. The Morgan fingerprint density at radius 3 is 2.72 bits per heavy atom. The van der Waals surface area contributed by atoms with Crippen LogP contribution in [-0.2, 0) is 11.2 Å². The smallest absolute Gasteiger partial charge is 0.234 e. The molecule has 0 fully saturated rings. The van der Waals surface area contributed by atoms with Crippen LogP contribution in [0, 0.1) is 5.92 Å². The largest absolute Gasteiger partial charge is 0.352 e. The number of carbonyl (C=O) groups is 1. The van der Waals surface area contributed by atoms with Gasteiger partial charge in [0.15, 0.2) is 0 Å². The molecule has 0 bridgehead atoms. The Labute approximate surface area is 109 Å². The maximum absolute atomic E-state index is 11.6. The summed E-state index contributed by atoms with van der Waals surface area (Å²) in [4.78, 5) is 15.8. The fourth-order valence-electron chi connectivity index (χ4n) is 1.44. The number of rotatable bonds is 7. The Morgan fingerprint density at radius 2 is 2.11 bits per heavy atom. The molecule has 18 heavy (non-hydrogen) atoms. The van der Waals surface area contributed by atoms with E-state index in [1.54, 1.807) is 6.20 Å². The monoisotopic (exact) mass is 249 g/mol. The molecule has 1 heterocycles. The number of aromatic nitrogens is 1. The summed E-state index contributed by atoms with van der Waals surface area (Å²) in [5.41, 5.74) is 1.04. The first-order valence-corrected chi connectivity index (χ1v) is 6.49. The topological polar surface area (TPSA) is 54.0 Å². The minimum absolute atomic E-state index is 0.0530. The van der Waals surface area contributed by atoms with Gasteiger partial charge in [-0.05, 0) is 25.0 Å². The number of carbonyl (C=O) groups excluding carboxylic acids is 1. The molecule has 0 aromatic carbocycles. The van der Waals surface area contributed by atoms with Gasteiger partial charge in [0.1, 0.15) is 0 Å². The van der Waals surface area contributed by atoms with Gasteiger partial charge in [0.05, 0.1) is 6.54 Å². The number of nitrogens with zero attached hydrogens (tertiary/aromatic N) is 1. The van der Waals surface area contributed by atoms with E-state index in [9.17, 15) is 4.79 Å². The highest BCUT2D eigenvalue weighted by Crippen LogP contribution is 1.98. The van der Waals surface area contributed by atoms with Gasteiger partial charge in [-0.1, -0.05) is 19.9 Å². The van der Waals surface area contributed by atoms with Gasteiger partial charge in [-0.25, -0.2) is 0 Å². The predicted octanol–water partition coefficient (Wildman–Crippen LogP) is 1.37. The minimum Gasteiger partial charge on any atom is -0.352 e. The molecule has 4 heteroatoms. The zero-order valence-corrected chi connectivity index (χ0v) is 11.4. The molecule has 1 aromatic rings. The van der Waals surface area contributed by atoms with E-state index in [2.05, 4.69) is 29.5 Å². The van der Waals surface area contributed by atoms with Crippen molar-refractivity contribution in [3.05, 3.63) is 30.1 Å². The molecular formula is C14H23N3O. The van der Waals surface area contributed by atoms with E-state index >= 15 is 0 Å². The maximum atomic E-state index is 11.6. The summed E-state index contributed by atoms with van der Waals surface area (Å²) in [5, 5.41) is 6.09. The summed E-state index contributed by atoms with van der Waals surface area (Å²) in [6.45, 7) is 7.35. The Bertz CT molecular complexity index is 351. The number of amides is 1. The fraction of sp³-hybridized carbons (Fsp3) is 0.571. The molecule has 1 amide bonds. The Morgan fingerprint density at radius 1 is 1.33 bits per heavy atom. The standard InChI is InChI=1S/C14H23N3O/c1-11(2)12(3)17-14(18)10-15-9-7-13-6-4-5-8-16-13/h4-6,8,11-12,15H,7,9-10H2,1-3H3,(H,17,18). The van der Waals surface area contributed by atoms with Crippen molar-refractivity contribution in [3.8, 4) is 0 Å². The molecular weight excluding hydrogens is 226 g/mol. The number of nitrogens with one attached hydrogen (secondary N) is 2. The van der Waals surface area contributed by atoms with Crippen molar-refractivity contribution in [2.24, 2.45) is 5.92 Å². The van der Waals surface area contributed by atoms with Crippen molar-refractivity contribution >= 4 is 5.91 Å². The van der Waals surface area contributed by atoms with E-state index in [1.165, 1.54) is 0 Å². The second kappa shape index (κ2) is 7.82. The van der Waals surface area contributed by atoms with Gasteiger partial charge in [0.25, 0.3) is 0 Å². The average Bonchev–Trinajstić information content (AvgIpc) is 2.35. The maximum Gasteiger partial charge on any atom is 0.234 e. The highest BCUT2D eigenvalue weighted by Gasteiger charge is 2.09. The lowest BCUT2D eigenvalue weighted by atomic mass is 10.1. The number of pyridine rings is 1. The van der Waals surface area contributed by atoms with Gasteiger partial charge in [-0.3, -0.25) is 9.78 Å². The second-order valence-corrected chi connectivity index (χ2v) is 4.85. The van der Waals surface area contributed by atoms with Crippen LogP contribution in [0.4, 0.5) is 0 Å². The molecule has 1 atom stereocenters. The molecule has 4 nitrogen and oxygen atoms in total. The van der Waals surface area contributed by atoms with E-state index in [1.807, 2.05) is 25.1 Å². The summed E-state index contributed by atoms with van der Waals surface area (Å²) in [6, 6.07) is 6.08. The quantitative estimate of drug-likeness (QED) is 0.718. The molecule has 1 aromatic heterocycles. The zero-order chi connectivity index (χ0) is 13.4. The predicted molar refractivity (Wildman–Crippen MR) is 73.3 cm³/mol. The highest BCUT2D eigenvalue weighted by atomic mass is 16.1. The van der Waals surface area contributed by atoms with Gasteiger partial charge < -0.3 is 10.6 Å². The normalized spacial score (nSPS) is 12.4. The first kappa shape index (κ1) is 14.6. The van der Waals surface area contributed by atoms with Gasteiger partial charge in [0.2, 0.25) is 5.91 Å². The van der Waals surface area contributed by atoms with Crippen LogP contribution in [0.15, 0.2) is 24.4 Å². The van der Waals surface area contributed by atoms with Crippen LogP contribution in [0.1, 0.15) is 26.5 Å². The van der Waals surface area contributed by atoms with Gasteiger partial charge >= 0.3 is 0 Å².